The van der Waals surface area contributed by atoms with E-state index < -0.39 is 0 Å². The highest BCUT2D eigenvalue weighted by molar-refractivity contribution is 5.97. The number of rotatable bonds is 3. The van der Waals surface area contributed by atoms with Crippen LogP contribution in [0.2, 0.25) is 0 Å². The van der Waals surface area contributed by atoms with Crippen LogP contribution in [0.3, 0.4) is 0 Å². The van der Waals surface area contributed by atoms with Crippen molar-refractivity contribution in [3.05, 3.63) is 58.0 Å². The molecule has 0 aliphatic carbocycles. The monoisotopic (exact) mass is 267 g/mol. The van der Waals surface area contributed by atoms with Gasteiger partial charge in [0.25, 0.3) is 5.56 Å². The number of aliphatic imine (C=N–C) groups is 1. The Balaban J connectivity index is 1.90. The number of aromatic nitrogens is 3. The maximum Gasteiger partial charge on any atom is 0.262 e. The summed E-state index contributed by atoms with van der Waals surface area (Å²) in [5.41, 5.74) is 7.50. The summed E-state index contributed by atoms with van der Waals surface area (Å²) in [6.07, 6.45) is 3.36. The number of hydrogen-bond donors (Lipinski definition) is 3. The fourth-order valence-electron chi connectivity index (χ4n) is 2.02. The Morgan fingerprint density at radius 1 is 1.30 bits per heavy atom. The fourth-order valence-corrected chi connectivity index (χ4v) is 2.02. The first-order valence-corrected chi connectivity index (χ1v) is 6.14. The Kier molecular flexibility index (Phi) is 3.04. The minimum atomic E-state index is -0.269. The summed E-state index contributed by atoms with van der Waals surface area (Å²) in [5, 5.41) is 0.469. The third-order valence-electron chi connectivity index (χ3n) is 2.94. The van der Waals surface area contributed by atoms with Gasteiger partial charge in [0, 0.05) is 18.0 Å². The van der Waals surface area contributed by atoms with E-state index in [-0.39, 0.29) is 11.5 Å². The Labute approximate surface area is 114 Å². The lowest BCUT2D eigenvalue weighted by Crippen LogP contribution is -2.11. The van der Waals surface area contributed by atoms with Crippen LogP contribution in [-0.4, -0.2) is 21.2 Å². The number of anilines is 1. The van der Waals surface area contributed by atoms with E-state index in [0.717, 1.165) is 5.56 Å². The maximum absolute atomic E-state index is 11.9. The highest BCUT2D eigenvalue weighted by Gasteiger charge is 2.07. The molecule has 4 N–H and O–H groups in total. The summed E-state index contributed by atoms with van der Waals surface area (Å²) in [6, 6.07) is 9.90. The molecule has 2 heterocycles. The van der Waals surface area contributed by atoms with Crippen molar-refractivity contribution in [3.8, 4) is 0 Å². The fraction of sp³-hybridized carbons (Fsp3) is 0.0714. The van der Waals surface area contributed by atoms with E-state index >= 15 is 0 Å². The number of nitrogens with two attached hydrogens (primary N) is 1. The SMILES string of the molecule is Nc1nc2[nH]cc(C=NCc3ccccc3)c2c(=O)[nH]1. The zero-order valence-corrected chi connectivity index (χ0v) is 10.6. The van der Waals surface area contributed by atoms with Gasteiger partial charge in [-0.1, -0.05) is 30.3 Å². The molecule has 0 saturated carbocycles. The largest absolute Gasteiger partial charge is 0.369 e. The summed E-state index contributed by atoms with van der Waals surface area (Å²) in [7, 11) is 0. The first kappa shape index (κ1) is 12.2. The molecule has 0 unspecified atom stereocenters. The molecule has 6 nitrogen and oxygen atoms in total. The summed E-state index contributed by atoms with van der Waals surface area (Å²) in [6.45, 7) is 0.563. The molecule has 0 aliphatic heterocycles. The lowest BCUT2D eigenvalue weighted by atomic mass is 10.2. The van der Waals surface area contributed by atoms with Gasteiger partial charge in [-0.2, -0.15) is 4.98 Å². The van der Waals surface area contributed by atoms with Crippen LogP contribution in [0.25, 0.3) is 11.0 Å². The molecule has 0 atom stereocenters. The van der Waals surface area contributed by atoms with Crippen LogP contribution in [0.5, 0.6) is 0 Å². The number of hydrogen-bond acceptors (Lipinski definition) is 4. The van der Waals surface area contributed by atoms with Gasteiger partial charge in [0.05, 0.1) is 11.9 Å². The van der Waals surface area contributed by atoms with Gasteiger partial charge < -0.3 is 10.7 Å². The molecular weight excluding hydrogens is 254 g/mol. The zero-order valence-electron chi connectivity index (χ0n) is 10.6. The normalized spacial score (nSPS) is 11.4. The van der Waals surface area contributed by atoms with E-state index in [4.69, 9.17) is 5.73 Å². The van der Waals surface area contributed by atoms with Crippen molar-refractivity contribution < 1.29 is 0 Å². The van der Waals surface area contributed by atoms with Crippen LogP contribution in [0.15, 0.2) is 46.3 Å². The number of fused-ring (bicyclic) bond motifs is 1. The smallest absolute Gasteiger partial charge is 0.262 e. The molecule has 0 spiro atoms. The van der Waals surface area contributed by atoms with Crippen molar-refractivity contribution in [2.45, 2.75) is 6.54 Å². The molecular formula is C14H13N5O. The van der Waals surface area contributed by atoms with Crippen molar-refractivity contribution in [1.29, 1.82) is 0 Å². The molecule has 2 aromatic heterocycles. The van der Waals surface area contributed by atoms with Crippen molar-refractivity contribution in [3.63, 3.8) is 0 Å². The number of nitrogens with zero attached hydrogens (tertiary/aromatic N) is 2. The first-order valence-electron chi connectivity index (χ1n) is 6.14. The summed E-state index contributed by atoms with van der Waals surface area (Å²) in [5.74, 6) is 0.0946. The van der Waals surface area contributed by atoms with Crippen LogP contribution < -0.4 is 11.3 Å². The molecule has 0 amide bonds. The maximum atomic E-state index is 11.9. The highest BCUT2D eigenvalue weighted by atomic mass is 16.1. The van der Waals surface area contributed by atoms with Crippen molar-refractivity contribution in [2.24, 2.45) is 4.99 Å². The van der Waals surface area contributed by atoms with Crippen molar-refractivity contribution >= 4 is 23.2 Å². The van der Waals surface area contributed by atoms with Gasteiger partial charge in [-0.25, -0.2) is 0 Å². The molecule has 0 radical (unpaired) electrons. The average Bonchev–Trinajstić information content (AvgIpc) is 2.83. The van der Waals surface area contributed by atoms with Crippen LogP contribution in [-0.2, 0) is 6.54 Å². The average molecular weight is 267 g/mol. The van der Waals surface area contributed by atoms with Gasteiger partial charge in [-0.15, -0.1) is 0 Å². The van der Waals surface area contributed by atoms with Crippen LogP contribution in [0, 0.1) is 0 Å². The number of aromatic amines is 2. The molecule has 6 heteroatoms. The molecule has 0 bridgehead atoms. The van der Waals surface area contributed by atoms with E-state index in [1.807, 2.05) is 30.3 Å². The Hall–Kier alpha value is -2.89. The third-order valence-corrected chi connectivity index (χ3v) is 2.94. The lowest BCUT2D eigenvalue weighted by Gasteiger charge is -1.95. The standard InChI is InChI=1S/C14H13N5O/c15-14-18-12-11(13(20)19-14)10(8-17-12)7-16-6-9-4-2-1-3-5-9/h1-5,7-8H,6H2,(H4,15,17,18,19,20). The second-order valence-electron chi connectivity index (χ2n) is 4.37. The van der Waals surface area contributed by atoms with E-state index in [0.29, 0.717) is 23.1 Å². The number of nitrogens with one attached hydrogen (secondary N) is 2. The molecule has 1 aromatic carbocycles. The van der Waals surface area contributed by atoms with Crippen LogP contribution >= 0.6 is 0 Å². The molecule has 0 aliphatic rings. The Morgan fingerprint density at radius 3 is 2.90 bits per heavy atom. The summed E-state index contributed by atoms with van der Waals surface area (Å²) in [4.78, 5) is 25.6. The number of nitrogen functional groups attached to an aromatic ring is 1. The Morgan fingerprint density at radius 2 is 2.10 bits per heavy atom. The van der Waals surface area contributed by atoms with Gasteiger partial charge in [0.2, 0.25) is 5.95 Å². The molecule has 3 aromatic rings. The van der Waals surface area contributed by atoms with Crippen molar-refractivity contribution in [1.82, 2.24) is 15.0 Å². The molecule has 3 rings (SSSR count). The van der Waals surface area contributed by atoms with Crippen LogP contribution in [0.4, 0.5) is 5.95 Å². The minimum Gasteiger partial charge on any atom is -0.369 e. The van der Waals surface area contributed by atoms with Gasteiger partial charge >= 0.3 is 0 Å². The van der Waals surface area contributed by atoms with E-state index in [9.17, 15) is 4.79 Å². The van der Waals surface area contributed by atoms with Gasteiger partial charge in [0.15, 0.2) is 0 Å². The van der Waals surface area contributed by atoms with E-state index in [1.54, 1.807) is 12.4 Å². The summed E-state index contributed by atoms with van der Waals surface area (Å²) < 4.78 is 0. The lowest BCUT2D eigenvalue weighted by molar-refractivity contribution is 1.08. The molecule has 20 heavy (non-hydrogen) atoms. The second-order valence-corrected chi connectivity index (χ2v) is 4.37. The minimum absolute atomic E-state index is 0.0946. The zero-order chi connectivity index (χ0) is 13.9. The molecule has 100 valence electrons. The van der Waals surface area contributed by atoms with Gasteiger partial charge in [-0.05, 0) is 5.56 Å². The summed E-state index contributed by atoms with van der Waals surface area (Å²) >= 11 is 0. The molecule has 0 saturated heterocycles. The topological polar surface area (TPSA) is 99.9 Å². The number of benzene rings is 1. The highest BCUT2D eigenvalue weighted by Crippen LogP contribution is 2.10. The van der Waals surface area contributed by atoms with E-state index in [1.165, 1.54) is 0 Å². The number of H-pyrrole nitrogens is 2. The first-order chi connectivity index (χ1) is 9.74. The molecule has 0 fully saturated rings. The van der Waals surface area contributed by atoms with Crippen molar-refractivity contribution in [2.75, 3.05) is 5.73 Å². The predicted molar refractivity (Wildman–Crippen MR) is 78.9 cm³/mol. The predicted octanol–water partition coefficient (Wildman–Crippen LogP) is 1.45. The third kappa shape index (κ3) is 2.31. The quantitative estimate of drug-likeness (QED) is 0.626. The Bertz CT molecular complexity index is 816. The van der Waals surface area contributed by atoms with Gasteiger partial charge in [0.1, 0.15) is 5.65 Å². The van der Waals surface area contributed by atoms with Crippen LogP contribution in [0.1, 0.15) is 11.1 Å². The second kappa shape index (κ2) is 5.00. The van der Waals surface area contributed by atoms with Gasteiger partial charge in [-0.3, -0.25) is 14.8 Å². The van der Waals surface area contributed by atoms with E-state index in [2.05, 4.69) is 19.9 Å².